The van der Waals surface area contributed by atoms with Gasteiger partial charge in [0.25, 0.3) is 0 Å². The molecule has 30 heavy (non-hydrogen) atoms. The van der Waals surface area contributed by atoms with Gasteiger partial charge in [-0.2, -0.15) is 0 Å². The lowest BCUT2D eigenvalue weighted by Crippen LogP contribution is -2.03. The number of hydrogen-bond donors (Lipinski definition) is 1. The molecule has 0 amide bonds. The van der Waals surface area contributed by atoms with Crippen molar-refractivity contribution in [2.45, 2.75) is 32.8 Å². The summed E-state index contributed by atoms with van der Waals surface area (Å²) in [6.45, 7) is 2.18. The van der Waals surface area contributed by atoms with Crippen LogP contribution in [0.5, 0.6) is 5.75 Å². The number of halogens is 1. The Morgan fingerprint density at radius 2 is 1.87 bits per heavy atom. The van der Waals surface area contributed by atoms with E-state index >= 15 is 0 Å². The predicted octanol–water partition coefficient (Wildman–Crippen LogP) is 6.42. The molecular formula is C25H22ClNO3. The van der Waals surface area contributed by atoms with Gasteiger partial charge in [-0.1, -0.05) is 41.9 Å². The van der Waals surface area contributed by atoms with Gasteiger partial charge in [-0.25, -0.2) is 4.79 Å². The summed E-state index contributed by atoms with van der Waals surface area (Å²) in [6, 6.07) is 17.4. The molecule has 0 aliphatic heterocycles. The molecule has 0 bridgehead atoms. The minimum Gasteiger partial charge on any atom is -0.488 e. The average molecular weight is 420 g/mol. The summed E-state index contributed by atoms with van der Waals surface area (Å²) in [5.41, 5.74) is 5.90. The zero-order valence-corrected chi connectivity index (χ0v) is 17.4. The lowest BCUT2D eigenvalue weighted by molar-refractivity contribution is 0.0695. The first kappa shape index (κ1) is 20.2. The Labute approximate surface area is 180 Å². The summed E-state index contributed by atoms with van der Waals surface area (Å²) in [5.74, 6) is -0.187. The number of carboxylic acid groups (broad SMARTS) is 1. The summed E-state index contributed by atoms with van der Waals surface area (Å²) in [6.07, 6.45) is 4.50. The molecule has 0 spiro atoms. The number of hydrogen-bond acceptors (Lipinski definition) is 3. The molecule has 2 aromatic carbocycles. The fourth-order valence-corrected chi connectivity index (χ4v) is 4.05. The zero-order valence-electron chi connectivity index (χ0n) is 16.7. The van der Waals surface area contributed by atoms with Crippen molar-refractivity contribution in [1.82, 2.24) is 4.98 Å². The standard InChI is InChI=1S/C25H22ClNO3/c1-16-22(25(28)29)12-18(14-27-16)20-8-5-9-21(20)23-13-19(26)10-11-24(23)30-15-17-6-3-2-4-7-17/h2-4,6-7,10-14H,5,8-9,15H2,1H3,(H,28,29). The van der Waals surface area contributed by atoms with Gasteiger partial charge in [0.15, 0.2) is 0 Å². The molecule has 0 unspecified atom stereocenters. The minimum absolute atomic E-state index is 0.234. The van der Waals surface area contributed by atoms with Gasteiger partial charge in [-0.05, 0) is 72.7 Å². The Balaban J connectivity index is 1.74. The summed E-state index contributed by atoms with van der Waals surface area (Å²) >= 11 is 6.33. The maximum Gasteiger partial charge on any atom is 0.337 e. The molecule has 1 aromatic heterocycles. The first-order valence-electron chi connectivity index (χ1n) is 9.92. The van der Waals surface area contributed by atoms with Gasteiger partial charge in [0, 0.05) is 16.8 Å². The van der Waals surface area contributed by atoms with Crippen LogP contribution in [0.3, 0.4) is 0 Å². The van der Waals surface area contributed by atoms with Crippen LogP contribution in [0, 0.1) is 6.92 Å². The second-order valence-electron chi connectivity index (χ2n) is 7.39. The lowest BCUT2D eigenvalue weighted by atomic mass is 9.96. The summed E-state index contributed by atoms with van der Waals surface area (Å²) in [5, 5.41) is 10.1. The monoisotopic (exact) mass is 419 g/mol. The quantitative estimate of drug-likeness (QED) is 0.501. The van der Waals surface area contributed by atoms with Crippen molar-refractivity contribution in [2.75, 3.05) is 0 Å². The van der Waals surface area contributed by atoms with Crippen molar-refractivity contribution in [2.24, 2.45) is 0 Å². The van der Waals surface area contributed by atoms with Crippen LogP contribution >= 0.6 is 11.6 Å². The smallest absolute Gasteiger partial charge is 0.337 e. The lowest BCUT2D eigenvalue weighted by Gasteiger charge is -2.15. The van der Waals surface area contributed by atoms with Crippen LogP contribution in [0.1, 0.15) is 52.0 Å². The number of ether oxygens (including phenoxy) is 1. The highest BCUT2D eigenvalue weighted by Gasteiger charge is 2.22. The van der Waals surface area contributed by atoms with Crippen molar-refractivity contribution in [3.05, 3.63) is 93.8 Å². The maximum absolute atomic E-state index is 11.6. The van der Waals surface area contributed by atoms with Gasteiger partial charge in [-0.3, -0.25) is 4.98 Å². The van der Waals surface area contributed by atoms with E-state index in [1.54, 1.807) is 19.2 Å². The first-order valence-corrected chi connectivity index (χ1v) is 10.3. The van der Waals surface area contributed by atoms with E-state index in [9.17, 15) is 9.90 Å². The highest BCUT2D eigenvalue weighted by Crippen LogP contribution is 2.43. The van der Waals surface area contributed by atoms with Crippen molar-refractivity contribution >= 4 is 28.7 Å². The van der Waals surface area contributed by atoms with Crippen LogP contribution in [0.2, 0.25) is 5.02 Å². The van der Waals surface area contributed by atoms with Crippen LogP contribution < -0.4 is 4.74 Å². The third kappa shape index (κ3) is 4.24. The number of pyridine rings is 1. The van der Waals surface area contributed by atoms with Crippen LogP contribution in [0.25, 0.3) is 11.1 Å². The van der Waals surface area contributed by atoms with Gasteiger partial charge >= 0.3 is 5.97 Å². The van der Waals surface area contributed by atoms with E-state index in [0.29, 0.717) is 17.3 Å². The molecule has 1 N–H and O–H groups in total. The Kier molecular flexibility index (Phi) is 5.86. The molecule has 3 aromatic rings. The van der Waals surface area contributed by atoms with Gasteiger partial charge in [0.2, 0.25) is 0 Å². The van der Waals surface area contributed by atoms with E-state index in [1.807, 2.05) is 48.5 Å². The maximum atomic E-state index is 11.6. The first-order chi connectivity index (χ1) is 14.5. The number of benzene rings is 2. The second kappa shape index (κ2) is 8.72. The van der Waals surface area contributed by atoms with Crippen molar-refractivity contribution in [3.8, 4) is 5.75 Å². The molecule has 0 saturated heterocycles. The Morgan fingerprint density at radius 3 is 2.63 bits per heavy atom. The van der Waals surface area contributed by atoms with E-state index in [-0.39, 0.29) is 5.56 Å². The zero-order chi connectivity index (χ0) is 21.1. The van der Waals surface area contributed by atoms with Crippen LogP contribution in [0.15, 0.2) is 60.8 Å². The average Bonchev–Trinajstić information content (AvgIpc) is 3.23. The van der Waals surface area contributed by atoms with E-state index in [4.69, 9.17) is 16.3 Å². The number of rotatable bonds is 6. The second-order valence-corrected chi connectivity index (χ2v) is 7.82. The highest BCUT2D eigenvalue weighted by molar-refractivity contribution is 6.30. The van der Waals surface area contributed by atoms with E-state index in [2.05, 4.69) is 4.98 Å². The van der Waals surface area contributed by atoms with Crippen molar-refractivity contribution in [1.29, 1.82) is 0 Å². The third-order valence-electron chi connectivity index (χ3n) is 5.39. The SMILES string of the molecule is Cc1ncc(C2=C(c3cc(Cl)ccc3OCc3ccccc3)CCC2)cc1C(=O)O. The van der Waals surface area contributed by atoms with E-state index < -0.39 is 5.97 Å². The van der Waals surface area contributed by atoms with Crippen molar-refractivity contribution < 1.29 is 14.6 Å². The van der Waals surface area contributed by atoms with Crippen LogP contribution in [-0.2, 0) is 6.61 Å². The summed E-state index contributed by atoms with van der Waals surface area (Å²) in [7, 11) is 0. The molecule has 0 saturated carbocycles. The molecule has 5 heteroatoms. The van der Waals surface area contributed by atoms with E-state index in [0.717, 1.165) is 52.8 Å². The molecular weight excluding hydrogens is 398 g/mol. The number of carbonyl (C=O) groups is 1. The predicted molar refractivity (Wildman–Crippen MR) is 119 cm³/mol. The number of aromatic carboxylic acids is 1. The molecule has 0 atom stereocenters. The molecule has 1 aliphatic carbocycles. The van der Waals surface area contributed by atoms with Crippen LogP contribution in [0.4, 0.5) is 0 Å². The van der Waals surface area contributed by atoms with Gasteiger partial charge in [0.05, 0.1) is 11.3 Å². The molecule has 152 valence electrons. The fourth-order valence-electron chi connectivity index (χ4n) is 3.87. The number of aromatic nitrogens is 1. The molecule has 4 nitrogen and oxygen atoms in total. The molecule has 1 heterocycles. The normalized spacial score (nSPS) is 13.5. The fraction of sp³-hybridized carbons (Fsp3) is 0.200. The number of allylic oxidation sites excluding steroid dienone is 2. The van der Waals surface area contributed by atoms with Crippen LogP contribution in [-0.4, -0.2) is 16.1 Å². The third-order valence-corrected chi connectivity index (χ3v) is 5.62. The van der Waals surface area contributed by atoms with E-state index in [1.165, 1.54) is 0 Å². The summed E-state index contributed by atoms with van der Waals surface area (Å²) in [4.78, 5) is 15.9. The largest absolute Gasteiger partial charge is 0.488 e. The Hall–Kier alpha value is -3.11. The van der Waals surface area contributed by atoms with Gasteiger partial charge in [0.1, 0.15) is 12.4 Å². The minimum atomic E-state index is -0.961. The number of carboxylic acids is 1. The number of aryl methyl sites for hydroxylation is 1. The Bertz CT molecular complexity index is 1120. The molecule has 1 aliphatic rings. The van der Waals surface area contributed by atoms with Gasteiger partial charge in [-0.15, -0.1) is 0 Å². The molecule has 0 fully saturated rings. The van der Waals surface area contributed by atoms with Gasteiger partial charge < -0.3 is 9.84 Å². The topological polar surface area (TPSA) is 59.4 Å². The number of nitrogens with zero attached hydrogens (tertiary/aromatic N) is 1. The summed E-state index contributed by atoms with van der Waals surface area (Å²) < 4.78 is 6.15. The van der Waals surface area contributed by atoms with Crippen molar-refractivity contribution in [3.63, 3.8) is 0 Å². The molecule has 4 rings (SSSR count). The molecule has 0 radical (unpaired) electrons. The highest BCUT2D eigenvalue weighted by atomic mass is 35.5. The Morgan fingerprint density at radius 1 is 1.10 bits per heavy atom.